The molecule has 2 N–H and O–H groups in total. The molecular weight excluding hydrogens is 330 g/mol. The van der Waals surface area contributed by atoms with Crippen LogP contribution < -0.4 is 5.32 Å². The molecule has 0 amide bonds. The number of phenolic OH excluding ortho intramolecular Hbond substituents is 1. The van der Waals surface area contributed by atoms with E-state index in [4.69, 9.17) is 4.74 Å². The second-order valence-corrected chi connectivity index (χ2v) is 6.82. The summed E-state index contributed by atoms with van der Waals surface area (Å²) >= 11 is 0. The smallest absolute Gasteiger partial charge is 0.307 e. The molecule has 0 aliphatic rings. The van der Waals surface area contributed by atoms with Crippen LogP contribution >= 0.6 is 0 Å². The van der Waals surface area contributed by atoms with E-state index in [2.05, 4.69) is 12.2 Å². The molecule has 5 nitrogen and oxygen atoms in total. The highest BCUT2D eigenvalue weighted by atomic mass is 16.5. The molecule has 1 aromatic carbocycles. The van der Waals surface area contributed by atoms with Gasteiger partial charge < -0.3 is 20.0 Å². The Hall–Kier alpha value is -1.88. The van der Waals surface area contributed by atoms with Crippen molar-refractivity contribution >= 4 is 12.3 Å². The molecule has 0 aromatic heterocycles. The summed E-state index contributed by atoms with van der Waals surface area (Å²) in [6, 6.07) is 7.29. The number of methoxy groups -OCH3 is 1. The third-order valence-electron chi connectivity index (χ3n) is 4.64. The van der Waals surface area contributed by atoms with Crippen molar-refractivity contribution in [3.8, 4) is 5.75 Å². The maximum absolute atomic E-state index is 11.7. The summed E-state index contributed by atoms with van der Waals surface area (Å²) < 4.78 is 4.83. The van der Waals surface area contributed by atoms with Crippen molar-refractivity contribution in [3.63, 3.8) is 0 Å². The SMILES string of the molecule is COC(=O)CC(CCCCCCCCC=O)NC(C)c1ccc(O)cc1. The Labute approximate surface area is 157 Å². The molecule has 1 aromatic rings. The molecular formula is C21H33NO4. The molecule has 0 aliphatic carbocycles. The Morgan fingerprint density at radius 2 is 1.73 bits per heavy atom. The second kappa shape index (κ2) is 13.3. The van der Waals surface area contributed by atoms with Gasteiger partial charge in [0.15, 0.2) is 0 Å². The molecule has 146 valence electrons. The summed E-state index contributed by atoms with van der Waals surface area (Å²) in [5.41, 5.74) is 1.08. The molecule has 0 spiro atoms. The van der Waals surface area contributed by atoms with Crippen LogP contribution in [-0.4, -0.2) is 30.5 Å². The first kappa shape index (κ1) is 22.2. The maximum Gasteiger partial charge on any atom is 0.307 e. The summed E-state index contributed by atoms with van der Waals surface area (Å²) in [5, 5.41) is 12.9. The highest BCUT2D eigenvalue weighted by Crippen LogP contribution is 2.19. The minimum absolute atomic E-state index is 0.0707. The van der Waals surface area contributed by atoms with Crippen LogP contribution in [0.1, 0.15) is 76.3 Å². The molecule has 0 bridgehead atoms. The Bertz CT molecular complexity index is 515. The van der Waals surface area contributed by atoms with Gasteiger partial charge in [-0.2, -0.15) is 0 Å². The van der Waals surface area contributed by atoms with Crippen molar-refractivity contribution in [2.45, 2.75) is 76.8 Å². The normalized spacial score (nSPS) is 13.2. The minimum atomic E-state index is -0.200. The minimum Gasteiger partial charge on any atom is -0.508 e. The first-order valence-corrected chi connectivity index (χ1v) is 9.62. The lowest BCUT2D eigenvalue weighted by atomic mass is 10.0. The van der Waals surface area contributed by atoms with Gasteiger partial charge in [0.05, 0.1) is 13.5 Å². The second-order valence-electron chi connectivity index (χ2n) is 6.82. The zero-order chi connectivity index (χ0) is 19.2. The Balaban J connectivity index is 2.39. The van der Waals surface area contributed by atoms with E-state index in [9.17, 15) is 14.7 Å². The highest BCUT2D eigenvalue weighted by molar-refractivity contribution is 5.69. The Morgan fingerprint density at radius 1 is 1.12 bits per heavy atom. The van der Waals surface area contributed by atoms with Crippen LogP contribution in [-0.2, 0) is 14.3 Å². The fourth-order valence-electron chi connectivity index (χ4n) is 3.07. The van der Waals surface area contributed by atoms with Gasteiger partial charge in [0.25, 0.3) is 0 Å². The van der Waals surface area contributed by atoms with E-state index >= 15 is 0 Å². The number of hydrogen-bond acceptors (Lipinski definition) is 5. The average Bonchev–Trinajstić information content (AvgIpc) is 2.64. The van der Waals surface area contributed by atoms with E-state index < -0.39 is 0 Å². The van der Waals surface area contributed by atoms with Crippen LogP contribution in [0.5, 0.6) is 5.75 Å². The Morgan fingerprint density at radius 3 is 2.35 bits per heavy atom. The molecule has 0 aliphatic heterocycles. The van der Waals surface area contributed by atoms with Crippen LogP contribution in [0.4, 0.5) is 0 Å². The van der Waals surface area contributed by atoms with Gasteiger partial charge >= 0.3 is 5.97 Å². The summed E-state index contributed by atoms with van der Waals surface area (Å²) in [4.78, 5) is 22.0. The van der Waals surface area contributed by atoms with Gasteiger partial charge in [-0.25, -0.2) is 0 Å². The third kappa shape index (κ3) is 9.56. The molecule has 0 fully saturated rings. The summed E-state index contributed by atoms with van der Waals surface area (Å²) in [7, 11) is 1.42. The van der Waals surface area contributed by atoms with Crippen molar-refractivity contribution in [2.24, 2.45) is 0 Å². The Kier molecular flexibility index (Phi) is 11.4. The number of benzene rings is 1. The predicted octanol–water partition coefficient (Wildman–Crippen LogP) is 4.29. The number of rotatable bonds is 14. The fourth-order valence-corrected chi connectivity index (χ4v) is 3.07. The lowest BCUT2D eigenvalue weighted by Crippen LogP contribution is -2.34. The molecule has 0 radical (unpaired) electrons. The molecule has 26 heavy (non-hydrogen) atoms. The van der Waals surface area contributed by atoms with Gasteiger partial charge in [-0.05, 0) is 37.5 Å². The molecule has 0 saturated carbocycles. The van der Waals surface area contributed by atoms with Crippen LogP contribution in [0.15, 0.2) is 24.3 Å². The topological polar surface area (TPSA) is 75.6 Å². The first-order valence-electron chi connectivity index (χ1n) is 9.62. The van der Waals surface area contributed by atoms with Gasteiger partial charge in [0, 0.05) is 18.5 Å². The number of hydrogen-bond donors (Lipinski definition) is 2. The maximum atomic E-state index is 11.7. The van der Waals surface area contributed by atoms with E-state index in [0.717, 1.165) is 56.8 Å². The predicted molar refractivity (Wildman–Crippen MR) is 103 cm³/mol. The molecule has 1 rings (SSSR count). The third-order valence-corrected chi connectivity index (χ3v) is 4.64. The van der Waals surface area contributed by atoms with Crippen LogP contribution in [0.2, 0.25) is 0 Å². The monoisotopic (exact) mass is 363 g/mol. The van der Waals surface area contributed by atoms with E-state index in [0.29, 0.717) is 12.8 Å². The molecule has 5 heteroatoms. The quantitative estimate of drug-likeness (QED) is 0.293. The van der Waals surface area contributed by atoms with Gasteiger partial charge in [-0.1, -0.05) is 44.2 Å². The zero-order valence-electron chi connectivity index (χ0n) is 16.1. The number of ether oxygens (including phenoxy) is 1. The largest absolute Gasteiger partial charge is 0.508 e. The average molecular weight is 363 g/mol. The van der Waals surface area contributed by atoms with Crippen LogP contribution in [0, 0.1) is 0 Å². The van der Waals surface area contributed by atoms with Crippen molar-refractivity contribution in [1.29, 1.82) is 0 Å². The number of unbranched alkanes of at least 4 members (excludes halogenated alkanes) is 6. The van der Waals surface area contributed by atoms with Crippen LogP contribution in [0.25, 0.3) is 0 Å². The van der Waals surface area contributed by atoms with Gasteiger partial charge in [0.2, 0.25) is 0 Å². The summed E-state index contributed by atoms with van der Waals surface area (Å²) in [6.07, 6.45) is 9.55. The summed E-state index contributed by atoms with van der Waals surface area (Å²) in [6.45, 7) is 2.06. The lowest BCUT2D eigenvalue weighted by Gasteiger charge is -2.23. The zero-order valence-corrected chi connectivity index (χ0v) is 16.1. The number of esters is 1. The molecule has 2 unspecified atom stereocenters. The lowest BCUT2D eigenvalue weighted by molar-refractivity contribution is -0.141. The van der Waals surface area contributed by atoms with E-state index in [1.807, 2.05) is 12.1 Å². The molecule has 2 atom stereocenters. The van der Waals surface area contributed by atoms with E-state index in [1.165, 1.54) is 7.11 Å². The number of aldehydes is 1. The van der Waals surface area contributed by atoms with Crippen LogP contribution in [0.3, 0.4) is 0 Å². The van der Waals surface area contributed by atoms with E-state index in [1.54, 1.807) is 12.1 Å². The van der Waals surface area contributed by atoms with E-state index in [-0.39, 0.29) is 23.8 Å². The van der Waals surface area contributed by atoms with Gasteiger partial charge in [-0.3, -0.25) is 4.79 Å². The van der Waals surface area contributed by atoms with Crippen molar-refractivity contribution < 1.29 is 19.4 Å². The highest BCUT2D eigenvalue weighted by Gasteiger charge is 2.17. The first-order chi connectivity index (χ1) is 12.6. The number of carbonyl (C=O) groups is 2. The number of carbonyl (C=O) groups excluding carboxylic acids is 2. The van der Waals surface area contributed by atoms with Gasteiger partial charge in [-0.15, -0.1) is 0 Å². The number of aromatic hydroxyl groups is 1. The van der Waals surface area contributed by atoms with Crippen molar-refractivity contribution in [1.82, 2.24) is 5.32 Å². The molecule has 0 heterocycles. The standard InChI is InChI=1S/C21H33NO4/c1-17(18-11-13-20(24)14-12-18)22-19(16-21(25)26-2)10-8-6-4-3-5-7-9-15-23/h11-15,17,19,22,24H,3-10,16H2,1-2H3. The number of phenols is 1. The van der Waals surface area contributed by atoms with Crippen molar-refractivity contribution in [2.75, 3.05) is 7.11 Å². The molecule has 0 saturated heterocycles. The summed E-state index contributed by atoms with van der Waals surface area (Å²) in [5.74, 6) is 0.0504. The fraction of sp³-hybridized carbons (Fsp3) is 0.619. The van der Waals surface area contributed by atoms with Gasteiger partial charge in [0.1, 0.15) is 12.0 Å². The number of nitrogens with one attached hydrogen (secondary N) is 1. The van der Waals surface area contributed by atoms with Crippen molar-refractivity contribution in [3.05, 3.63) is 29.8 Å².